The first-order valence-electron chi connectivity index (χ1n) is 3.98. The Morgan fingerprint density at radius 2 is 2.09 bits per heavy atom. The highest BCUT2D eigenvalue weighted by Gasteiger charge is 2.41. The van der Waals surface area contributed by atoms with Gasteiger partial charge in [0.25, 0.3) is 0 Å². The minimum Gasteiger partial charge on any atom is -0.321 e. The maximum absolute atomic E-state index is 6.09. The third-order valence-electron chi connectivity index (χ3n) is 2.37. The number of thiophene rings is 1. The van der Waals surface area contributed by atoms with E-state index in [1.54, 1.807) is 0 Å². The van der Waals surface area contributed by atoms with Crippen LogP contribution in [0.5, 0.6) is 0 Å². The lowest BCUT2D eigenvalue weighted by Crippen LogP contribution is -2.18. The van der Waals surface area contributed by atoms with E-state index in [0.717, 1.165) is 0 Å². The summed E-state index contributed by atoms with van der Waals surface area (Å²) in [5.41, 5.74) is 7.54. The molecule has 0 saturated heterocycles. The lowest BCUT2D eigenvalue weighted by molar-refractivity contribution is 0.738. The summed E-state index contributed by atoms with van der Waals surface area (Å²) in [6.07, 6.45) is 2.34. The first-order valence-corrected chi connectivity index (χ1v) is 4.80. The number of hydrogen-bond donors (Lipinski definition) is 1. The summed E-state index contributed by atoms with van der Waals surface area (Å²) in [6, 6.07) is 2.24. The van der Waals surface area contributed by atoms with Crippen molar-refractivity contribution in [3.05, 3.63) is 21.4 Å². The quantitative estimate of drug-likeness (QED) is 0.682. The van der Waals surface area contributed by atoms with Crippen LogP contribution in [0.15, 0.2) is 6.07 Å². The van der Waals surface area contributed by atoms with Gasteiger partial charge >= 0.3 is 0 Å². The molecule has 1 fully saturated rings. The number of rotatable bonds is 1. The molecule has 0 unspecified atom stereocenters. The van der Waals surface area contributed by atoms with Crippen molar-refractivity contribution in [2.45, 2.75) is 32.2 Å². The second-order valence-corrected chi connectivity index (χ2v) is 4.94. The van der Waals surface area contributed by atoms with Crippen LogP contribution in [0, 0.1) is 13.8 Å². The molecule has 0 radical (unpaired) electrons. The Balaban J connectivity index is 2.44. The number of nitrogens with two attached hydrogens (primary N) is 1. The highest BCUT2D eigenvalue weighted by molar-refractivity contribution is 7.12. The van der Waals surface area contributed by atoms with Gasteiger partial charge in [-0.15, -0.1) is 11.3 Å². The van der Waals surface area contributed by atoms with Gasteiger partial charge in [-0.3, -0.25) is 0 Å². The van der Waals surface area contributed by atoms with Gasteiger partial charge in [0.05, 0.1) is 0 Å². The van der Waals surface area contributed by atoms with Crippen LogP contribution in [0.2, 0.25) is 0 Å². The molecule has 1 heterocycles. The van der Waals surface area contributed by atoms with E-state index in [4.69, 9.17) is 5.73 Å². The Hall–Kier alpha value is -0.340. The lowest BCUT2D eigenvalue weighted by Gasteiger charge is -2.06. The Bertz CT molecular complexity index is 284. The fourth-order valence-electron chi connectivity index (χ4n) is 1.53. The van der Waals surface area contributed by atoms with Crippen LogP contribution in [0.3, 0.4) is 0 Å². The molecular weight excluding hydrogens is 154 g/mol. The van der Waals surface area contributed by atoms with Crippen LogP contribution >= 0.6 is 11.3 Å². The molecule has 1 saturated carbocycles. The largest absolute Gasteiger partial charge is 0.321 e. The molecule has 1 aliphatic carbocycles. The van der Waals surface area contributed by atoms with E-state index in [1.807, 2.05) is 11.3 Å². The van der Waals surface area contributed by atoms with E-state index in [0.29, 0.717) is 0 Å². The molecule has 0 aromatic carbocycles. The highest BCUT2D eigenvalue weighted by Crippen LogP contribution is 2.45. The third-order valence-corrected chi connectivity index (χ3v) is 3.33. The van der Waals surface area contributed by atoms with Crippen LogP contribution in [-0.4, -0.2) is 0 Å². The van der Waals surface area contributed by atoms with Crippen molar-refractivity contribution >= 4 is 11.3 Å². The number of aryl methyl sites for hydroxylation is 2. The average Bonchev–Trinajstić information content (AvgIpc) is 2.55. The van der Waals surface area contributed by atoms with Gasteiger partial charge in [-0.1, -0.05) is 0 Å². The van der Waals surface area contributed by atoms with Gasteiger partial charge < -0.3 is 5.73 Å². The normalized spacial score (nSPS) is 20.3. The van der Waals surface area contributed by atoms with Crippen molar-refractivity contribution in [2.75, 3.05) is 0 Å². The summed E-state index contributed by atoms with van der Waals surface area (Å²) in [4.78, 5) is 2.79. The fourth-order valence-corrected chi connectivity index (χ4v) is 2.56. The predicted molar refractivity (Wildman–Crippen MR) is 48.9 cm³/mol. The van der Waals surface area contributed by atoms with Gasteiger partial charge in [0.1, 0.15) is 0 Å². The maximum atomic E-state index is 6.09. The van der Waals surface area contributed by atoms with Crippen molar-refractivity contribution in [2.24, 2.45) is 5.73 Å². The average molecular weight is 167 g/mol. The van der Waals surface area contributed by atoms with E-state index < -0.39 is 0 Å². The van der Waals surface area contributed by atoms with Crippen LogP contribution in [0.1, 0.15) is 28.2 Å². The summed E-state index contributed by atoms with van der Waals surface area (Å²) >= 11 is 1.86. The van der Waals surface area contributed by atoms with Gasteiger partial charge in [0.15, 0.2) is 0 Å². The zero-order valence-electron chi connectivity index (χ0n) is 6.98. The highest BCUT2D eigenvalue weighted by atomic mass is 32.1. The summed E-state index contributed by atoms with van der Waals surface area (Å²) in [7, 11) is 0. The van der Waals surface area contributed by atoms with Crippen molar-refractivity contribution < 1.29 is 0 Å². The van der Waals surface area contributed by atoms with Gasteiger partial charge in [0.2, 0.25) is 0 Å². The van der Waals surface area contributed by atoms with Crippen LogP contribution < -0.4 is 5.73 Å². The molecule has 0 spiro atoms. The molecule has 2 rings (SSSR count). The molecule has 1 aromatic heterocycles. The monoisotopic (exact) mass is 167 g/mol. The van der Waals surface area contributed by atoms with Crippen LogP contribution in [-0.2, 0) is 5.54 Å². The lowest BCUT2D eigenvalue weighted by atomic mass is 10.1. The molecule has 1 nitrogen and oxygen atoms in total. The van der Waals surface area contributed by atoms with Crippen molar-refractivity contribution in [3.63, 3.8) is 0 Å². The molecular formula is C9H13NS. The Labute approximate surface area is 71.2 Å². The summed E-state index contributed by atoms with van der Waals surface area (Å²) in [6.45, 7) is 4.31. The topological polar surface area (TPSA) is 26.0 Å². The Kier molecular flexibility index (Phi) is 1.38. The molecule has 0 amide bonds. The third kappa shape index (κ3) is 1.10. The van der Waals surface area contributed by atoms with Crippen LogP contribution in [0.25, 0.3) is 0 Å². The first kappa shape index (κ1) is 7.32. The molecule has 2 heteroatoms. The standard InChI is InChI=1S/C9H13NS/c1-6-5-8(7(2)11-6)9(10)3-4-9/h5H,3-4,10H2,1-2H3. The molecule has 1 aliphatic rings. The van der Waals surface area contributed by atoms with E-state index in [-0.39, 0.29) is 5.54 Å². The van der Waals surface area contributed by atoms with E-state index in [9.17, 15) is 0 Å². The summed E-state index contributed by atoms with van der Waals surface area (Å²) < 4.78 is 0. The zero-order valence-corrected chi connectivity index (χ0v) is 7.79. The predicted octanol–water partition coefficient (Wildman–Crippen LogP) is 2.31. The summed E-state index contributed by atoms with van der Waals surface area (Å²) in [5, 5.41) is 0. The minimum absolute atomic E-state index is 0.0643. The van der Waals surface area contributed by atoms with Crippen LogP contribution in [0.4, 0.5) is 0 Å². The SMILES string of the molecule is Cc1cc(C2(N)CC2)c(C)s1. The van der Waals surface area contributed by atoms with Crippen molar-refractivity contribution in [3.8, 4) is 0 Å². The second kappa shape index (κ2) is 2.08. The van der Waals surface area contributed by atoms with Crippen molar-refractivity contribution in [1.82, 2.24) is 0 Å². The van der Waals surface area contributed by atoms with Gasteiger partial charge in [-0.2, -0.15) is 0 Å². The molecule has 1 aromatic rings. The minimum atomic E-state index is 0.0643. The molecule has 2 N–H and O–H groups in total. The van der Waals surface area contributed by atoms with Gasteiger partial charge in [-0.05, 0) is 38.3 Å². The van der Waals surface area contributed by atoms with Gasteiger partial charge in [-0.25, -0.2) is 0 Å². The maximum Gasteiger partial charge on any atom is 0.0422 e. The van der Waals surface area contributed by atoms with Crippen molar-refractivity contribution in [1.29, 1.82) is 0 Å². The van der Waals surface area contributed by atoms with E-state index in [1.165, 1.54) is 28.2 Å². The Morgan fingerprint density at radius 3 is 2.45 bits per heavy atom. The van der Waals surface area contributed by atoms with E-state index in [2.05, 4.69) is 19.9 Å². The second-order valence-electron chi connectivity index (χ2n) is 3.48. The first-order chi connectivity index (χ1) is 5.12. The summed E-state index contributed by atoms with van der Waals surface area (Å²) in [5.74, 6) is 0. The molecule has 0 atom stereocenters. The molecule has 0 bridgehead atoms. The molecule has 60 valence electrons. The van der Waals surface area contributed by atoms with E-state index >= 15 is 0 Å². The molecule has 0 aliphatic heterocycles. The molecule has 11 heavy (non-hydrogen) atoms. The van der Waals surface area contributed by atoms with Gasteiger partial charge in [0, 0.05) is 15.3 Å². The zero-order chi connectivity index (χ0) is 8.06. The Morgan fingerprint density at radius 1 is 1.45 bits per heavy atom. The fraction of sp³-hybridized carbons (Fsp3) is 0.556. The number of hydrogen-bond acceptors (Lipinski definition) is 2. The smallest absolute Gasteiger partial charge is 0.0422 e.